The maximum Gasteiger partial charge on any atom is 0.292 e. The van der Waals surface area contributed by atoms with Gasteiger partial charge in [-0.1, -0.05) is 0 Å². The van der Waals surface area contributed by atoms with Crippen LogP contribution >= 0.6 is 0 Å². The summed E-state index contributed by atoms with van der Waals surface area (Å²) in [5, 5.41) is 13.5. The highest BCUT2D eigenvalue weighted by Gasteiger charge is 2.29. The van der Waals surface area contributed by atoms with Crippen molar-refractivity contribution in [2.45, 2.75) is 31.8 Å². The molecule has 0 heterocycles. The molecule has 1 amide bonds. The van der Waals surface area contributed by atoms with Crippen LogP contribution in [0.5, 0.6) is 0 Å². The van der Waals surface area contributed by atoms with Gasteiger partial charge in [-0.3, -0.25) is 19.8 Å². The number of nitrogen functional groups attached to an aromatic ring is 1. The lowest BCUT2D eigenvalue weighted by atomic mass is 10.1. The molecule has 0 spiro atoms. The van der Waals surface area contributed by atoms with Crippen LogP contribution in [0.2, 0.25) is 0 Å². The first-order chi connectivity index (χ1) is 9.90. The number of nitrogens with two attached hydrogens (primary N) is 1. The molecule has 1 unspecified atom stereocenters. The number of rotatable bonds is 6. The third-order valence-electron chi connectivity index (χ3n) is 3.86. The summed E-state index contributed by atoms with van der Waals surface area (Å²) in [6.45, 7) is 2.59. The molecule has 1 saturated carbocycles. The summed E-state index contributed by atoms with van der Waals surface area (Å²) in [6, 6.07) is 4.88. The van der Waals surface area contributed by atoms with E-state index in [2.05, 4.69) is 24.2 Å². The molecule has 0 radical (unpaired) electrons. The minimum absolute atomic E-state index is 0.00389. The van der Waals surface area contributed by atoms with E-state index in [0.29, 0.717) is 18.2 Å². The first-order valence-corrected chi connectivity index (χ1v) is 6.94. The van der Waals surface area contributed by atoms with Crippen molar-refractivity contribution in [2.75, 3.05) is 19.3 Å². The van der Waals surface area contributed by atoms with Crippen LogP contribution in [0.1, 0.15) is 30.1 Å². The molecular weight excluding hydrogens is 272 g/mol. The Kier molecular flexibility index (Phi) is 4.42. The zero-order chi connectivity index (χ0) is 15.6. The third kappa shape index (κ3) is 3.69. The zero-order valence-electron chi connectivity index (χ0n) is 12.2. The molecule has 114 valence electrons. The summed E-state index contributed by atoms with van der Waals surface area (Å²) >= 11 is 0. The van der Waals surface area contributed by atoms with E-state index in [-0.39, 0.29) is 23.3 Å². The summed E-state index contributed by atoms with van der Waals surface area (Å²) < 4.78 is 0. The maximum atomic E-state index is 12.0. The molecule has 2 rings (SSSR count). The standard InChI is InChI=1S/C14H20N4O3/c1-9(17(2)11-4-5-11)8-16-14(19)10-3-6-13(18(20)21)12(15)7-10/h3,6-7,9,11H,4-5,8,15H2,1-2H3,(H,16,19). The molecule has 1 aromatic carbocycles. The predicted octanol–water partition coefficient (Wildman–Crippen LogP) is 1.39. The molecule has 0 saturated heterocycles. The summed E-state index contributed by atoms with van der Waals surface area (Å²) in [6.07, 6.45) is 2.43. The average Bonchev–Trinajstić information content (AvgIpc) is 3.27. The van der Waals surface area contributed by atoms with Crippen LogP contribution in [0.25, 0.3) is 0 Å². The number of nitro benzene ring substituents is 1. The largest absolute Gasteiger partial charge is 0.393 e. The van der Waals surface area contributed by atoms with Gasteiger partial charge < -0.3 is 11.1 Å². The molecular formula is C14H20N4O3. The second kappa shape index (κ2) is 6.09. The number of nitro groups is 1. The summed E-state index contributed by atoms with van der Waals surface area (Å²) in [5.41, 5.74) is 5.72. The van der Waals surface area contributed by atoms with Gasteiger partial charge in [0.1, 0.15) is 5.69 Å². The Balaban J connectivity index is 1.93. The predicted molar refractivity (Wildman–Crippen MR) is 80.1 cm³/mol. The Labute approximate surface area is 123 Å². The SMILES string of the molecule is CC(CNC(=O)c1ccc([N+](=O)[O-])c(N)c1)N(C)C1CC1. The quantitative estimate of drug-likeness (QED) is 0.468. The second-order valence-corrected chi connectivity index (χ2v) is 5.49. The number of benzene rings is 1. The first kappa shape index (κ1) is 15.2. The van der Waals surface area contributed by atoms with E-state index < -0.39 is 4.92 Å². The minimum atomic E-state index is -0.566. The van der Waals surface area contributed by atoms with Gasteiger partial charge >= 0.3 is 0 Å². The fourth-order valence-corrected chi connectivity index (χ4v) is 2.19. The second-order valence-electron chi connectivity index (χ2n) is 5.49. The van der Waals surface area contributed by atoms with Crippen LogP contribution in [-0.2, 0) is 0 Å². The van der Waals surface area contributed by atoms with Crippen molar-refractivity contribution < 1.29 is 9.72 Å². The van der Waals surface area contributed by atoms with Crippen molar-refractivity contribution in [3.8, 4) is 0 Å². The van der Waals surface area contributed by atoms with E-state index in [4.69, 9.17) is 5.73 Å². The smallest absolute Gasteiger partial charge is 0.292 e. The molecule has 3 N–H and O–H groups in total. The molecule has 7 heteroatoms. The first-order valence-electron chi connectivity index (χ1n) is 6.94. The van der Waals surface area contributed by atoms with Gasteiger partial charge in [-0.25, -0.2) is 0 Å². The lowest BCUT2D eigenvalue weighted by molar-refractivity contribution is -0.383. The highest BCUT2D eigenvalue weighted by molar-refractivity contribution is 5.95. The molecule has 21 heavy (non-hydrogen) atoms. The molecule has 0 bridgehead atoms. The Bertz CT molecular complexity index is 557. The van der Waals surface area contributed by atoms with Crippen LogP contribution in [-0.4, -0.2) is 41.4 Å². The molecule has 1 atom stereocenters. The Morgan fingerprint density at radius 3 is 2.76 bits per heavy atom. The third-order valence-corrected chi connectivity index (χ3v) is 3.86. The lowest BCUT2D eigenvalue weighted by Gasteiger charge is -2.24. The van der Waals surface area contributed by atoms with Crippen LogP contribution < -0.4 is 11.1 Å². The lowest BCUT2D eigenvalue weighted by Crippen LogP contribution is -2.41. The van der Waals surface area contributed by atoms with Gasteiger partial charge in [0.15, 0.2) is 0 Å². The number of carbonyl (C=O) groups excluding carboxylic acids is 1. The maximum absolute atomic E-state index is 12.0. The normalized spacial score (nSPS) is 15.8. The molecule has 0 aromatic heterocycles. The van der Waals surface area contributed by atoms with Crippen molar-refractivity contribution in [1.29, 1.82) is 0 Å². The number of hydrogen-bond acceptors (Lipinski definition) is 5. The minimum Gasteiger partial charge on any atom is -0.393 e. The molecule has 1 aliphatic rings. The van der Waals surface area contributed by atoms with E-state index in [9.17, 15) is 14.9 Å². The Morgan fingerprint density at radius 1 is 1.57 bits per heavy atom. The van der Waals surface area contributed by atoms with E-state index in [1.165, 1.54) is 31.0 Å². The van der Waals surface area contributed by atoms with Gasteiger partial charge in [0.25, 0.3) is 11.6 Å². The number of hydrogen-bond donors (Lipinski definition) is 2. The number of amides is 1. The monoisotopic (exact) mass is 292 g/mol. The van der Waals surface area contributed by atoms with Crippen molar-refractivity contribution in [3.63, 3.8) is 0 Å². The molecule has 7 nitrogen and oxygen atoms in total. The van der Waals surface area contributed by atoms with Crippen LogP contribution in [0, 0.1) is 10.1 Å². The number of likely N-dealkylation sites (N-methyl/N-ethyl adjacent to an activating group) is 1. The number of nitrogens with one attached hydrogen (secondary N) is 1. The van der Waals surface area contributed by atoms with Crippen molar-refractivity contribution in [1.82, 2.24) is 10.2 Å². The van der Waals surface area contributed by atoms with Gasteiger partial charge in [0, 0.05) is 30.3 Å². The zero-order valence-corrected chi connectivity index (χ0v) is 12.2. The van der Waals surface area contributed by atoms with Gasteiger partial charge in [-0.2, -0.15) is 0 Å². The average molecular weight is 292 g/mol. The van der Waals surface area contributed by atoms with Crippen molar-refractivity contribution in [3.05, 3.63) is 33.9 Å². The van der Waals surface area contributed by atoms with E-state index >= 15 is 0 Å². The topological polar surface area (TPSA) is 101 Å². The molecule has 1 aliphatic carbocycles. The van der Waals surface area contributed by atoms with E-state index in [0.717, 1.165) is 0 Å². The molecule has 1 aromatic rings. The van der Waals surface area contributed by atoms with Gasteiger partial charge in [0.2, 0.25) is 0 Å². The number of carbonyl (C=O) groups is 1. The number of anilines is 1. The fraction of sp³-hybridized carbons (Fsp3) is 0.500. The van der Waals surface area contributed by atoms with E-state index in [1.807, 2.05) is 0 Å². The van der Waals surface area contributed by atoms with Gasteiger partial charge in [-0.05, 0) is 38.9 Å². The Morgan fingerprint density at radius 2 is 2.24 bits per heavy atom. The van der Waals surface area contributed by atoms with Crippen LogP contribution in [0.15, 0.2) is 18.2 Å². The highest BCUT2D eigenvalue weighted by atomic mass is 16.6. The summed E-state index contributed by atoms with van der Waals surface area (Å²) in [5.74, 6) is -0.271. The van der Waals surface area contributed by atoms with Crippen LogP contribution in [0.4, 0.5) is 11.4 Å². The molecule has 0 aliphatic heterocycles. The van der Waals surface area contributed by atoms with Gasteiger partial charge in [-0.15, -0.1) is 0 Å². The van der Waals surface area contributed by atoms with Gasteiger partial charge in [0.05, 0.1) is 4.92 Å². The van der Waals surface area contributed by atoms with Crippen molar-refractivity contribution >= 4 is 17.3 Å². The van der Waals surface area contributed by atoms with Crippen LogP contribution in [0.3, 0.4) is 0 Å². The Hall–Kier alpha value is -2.15. The van der Waals surface area contributed by atoms with E-state index in [1.54, 1.807) is 0 Å². The molecule has 1 fully saturated rings. The summed E-state index contributed by atoms with van der Waals surface area (Å²) in [4.78, 5) is 24.4. The summed E-state index contributed by atoms with van der Waals surface area (Å²) in [7, 11) is 2.05. The van der Waals surface area contributed by atoms with Crippen molar-refractivity contribution in [2.24, 2.45) is 0 Å². The highest BCUT2D eigenvalue weighted by Crippen LogP contribution is 2.26. The number of nitrogens with zero attached hydrogens (tertiary/aromatic N) is 2. The fourth-order valence-electron chi connectivity index (χ4n) is 2.19.